The number of nitrogens with zero attached hydrogens (tertiary/aromatic N) is 4. The van der Waals surface area contributed by atoms with E-state index in [2.05, 4.69) is 23.8 Å². The van der Waals surface area contributed by atoms with Gasteiger partial charge in [0.25, 0.3) is 5.91 Å². The minimum atomic E-state index is -0.324. The first-order chi connectivity index (χ1) is 11.8. The van der Waals surface area contributed by atoms with Crippen molar-refractivity contribution in [3.8, 4) is 0 Å². The second-order valence-corrected chi connectivity index (χ2v) is 8.82. The van der Waals surface area contributed by atoms with Gasteiger partial charge in [-0.3, -0.25) is 4.79 Å². The molecule has 0 N–H and O–H groups in total. The summed E-state index contributed by atoms with van der Waals surface area (Å²) in [6.07, 6.45) is 8.16. The Morgan fingerprint density at radius 1 is 1.24 bits per heavy atom. The molecule has 0 aromatic carbocycles. The van der Waals surface area contributed by atoms with Gasteiger partial charge in [0, 0.05) is 20.6 Å². The Bertz CT molecular complexity index is 673. The quantitative estimate of drug-likeness (QED) is 0.824. The molecule has 0 radical (unpaired) electrons. The van der Waals surface area contributed by atoms with Gasteiger partial charge in [0.15, 0.2) is 0 Å². The van der Waals surface area contributed by atoms with Gasteiger partial charge in [0.05, 0.1) is 30.1 Å². The molecule has 136 valence electrons. The van der Waals surface area contributed by atoms with Gasteiger partial charge in [-0.05, 0) is 51.4 Å². The zero-order valence-electron chi connectivity index (χ0n) is 15.7. The Morgan fingerprint density at radius 2 is 2.04 bits per heavy atom. The summed E-state index contributed by atoms with van der Waals surface area (Å²) in [6, 6.07) is 0. The molecular formula is C19H28N4O2. The van der Waals surface area contributed by atoms with Crippen LogP contribution >= 0.6 is 0 Å². The molecule has 0 unspecified atom stereocenters. The molecule has 2 bridgehead atoms. The lowest BCUT2D eigenvalue weighted by atomic mass is 9.81. The number of amides is 1. The molecule has 1 aromatic heterocycles. The number of hydrogen-bond donors (Lipinski definition) is 0. The predicted molar refractivity (Wildman–Crippen MR) is 95.6 cm³/mol. The van der Waals surface area contributed by atoms with Crippen molar-refractivity contribution in [2.45, 2.75) is 50.7 Å². The van der Waals surface area contributed by atoms with Gasteiger partial charge >= 0.3 is 0 Å². The van der Waals surface area contributed by atoms with E-state index in [1.54, 1.807) is 12.4 Å². The number of aromatic nitrogens is 2. The van der Waals surface area contributed by atoms with Crippen molar-refractivity contribution in [2.75, 3.05) is 32.1 Å². The minimum Gasteiger partial charge on any atom is -0.365 e. The van der Waals surface area contributed by atoms with Crippen LogP contribution in [0.25, 0.3) is 0 Å². The molecule has 3 aliphatic rings. The molecule has 3 fully saturated rings. The van der Waals surface area contributed by atoms with Crippen molar-refractivity contribution in [2.24, 2.45) is 11.8 Å². The third-order valence-corrected chi connectivity index (χ3v) is 6.03. The van der Waals surface area contributed by atoms with Crippen molar-refractivity contribution >= 4 is 11.7 Å². The minimum absolute atomic E-state index is 0.0312. The van der Waals surface area contributed by atoms with E-state index in [9.17, 15) is 4.79 Å². The highest BCUT2D eigenvalue weighted by molar-refractivity contribution is 5.92. The van der Waals surface area contributed by atoms with E-state index in [0.29, 0.717) is 24.7 Å². The van der Waals surface area contributed by atoms with Gasteiger partial charge in [0.1, 0.15) is 11.5 Å². The molecule has 3 atom stereocenters. The fourth-order valence-electron chi connectivity index (χ4n) is 5.13. The number of ether oxygens (including phenoxy) is 1. The number of carbonyl (C=O) groups excluding carboxylic acids is 1. The second-order valence-electron chi connectivity index (χ2n) is 8.82. The first-order valence-electron chi connectivity index (χ1n) is 9.27. The second kappa shape index (κ2) is 5.66. The molecule has 25 heavy (non-hydrogen) atoms. The Balaban J connectivity index is 1.57. The van der Waals surface area contributed by atoms with Crippen LogP contribution in [0.2, 0.25) is 0 Å². The summed E-state index contributed by atoms with van der Waals surface area (Å²) in [4.78, 5) is 25.6. The highest BCUT2D eigenvalue weighted by atomic mass is 16.5. The van der Waals surface area contributed by atoms with Crippen molar-refractivity contribution < 1.29 is 9.53 Å². The fraction of sp³-hybridized carbons (Fsp3) is 0.737. The lowest BCUT2D eigenvalue weighted by Crippen LogP contribution is -2.62. The smallest absolute Gasteiger partial charge is 0.274 e. The third-order valence-electron chi connectivity index (χ3n) is 6.03. The van der Waals surface area contributed by atoms with E-state index in [1.807, 2.05) is 23.9 Å². The normalized spacial score (nSPS) is 33.0. The number of rotatable bonds is 2. The zero-order chi connectivity index (χ0) is 17.8. The standard InChI is InChI=1S/C19H28N4O2/c1-18(2)11-23(12-19(25-18)8-13-5-6-14(19)7-13)17(24)15-9-21-16(10-20-15)22(3)4/h9-10,13-14H,5-8,11-12H2,1-4H3/t13-,14+,19+/m1/s1. The Morgan fingerprint density at radius 3 is 2.60 bits per heavy atom. The fourth-order valence-corrected chi connectivity index (χ4v) is 5.13. The van der Waals surface area contributed by atoms with Gasteiger partial charge in [-0.1, -0.05) is 0 Å². The monoisotopic (exact) mass is 344 g/mol. The average molecular weight is 344 g/mol. The number of anilines is 1. The summed E-state index contributed by atoms with van der Waals surface area (Å²) < 4.78 is 6.59. The van der Waals surface area contributed by atoms with Crippen molar-refractivity contribution in [1.82, 2.24) is 14.9 Å². The van der Waals surface area contributed by atoms with Crippen LogP contribution in [0.3, 0.4) is 0 Å². The first kappa shape index (κ1) is 16.8. The van der Waals surface area contributed by atoms with E-state index in [-0.39, 0.29) is 17.1 Å². The van der Waals surface area contributed by atoms with E-state index in [4.69, 9.17) is 4.74 Å². The first-order valence-corrected chi connectivity index (χ1v) is 9.27. The predicted octanol–water partition coefficient (Wildman–Crippen LogP) is 2.35. The van der Waals surface area contributed by atoms with Crippen molar-refractivity contribution in [3.05, 3.63) is 18.1 Å². The highest BCUT2D eigenvalue weighted by Gasteiger charge is 2.57. The lowest BCUT2D eigenvalue weighted by Gasteiger charge is -2.52. The van der Waals surface area contributed by atoms with E-state index < -0.39 is 0 Å². The average Bonchev–Trinajstić information content (AvgIpc) is 3.13. The molecule has 1 aromatic rings. The zero-order valence-corrected chi connectivity index (χ0v) is 15.7. The maximum atomic E-state index is 13.1. The van der Waals surface area contributed by atoms with Crippen LogP contribution in [0.4, 0.5) is 5.82 Å². The summed E-state index contributed by atoms with van der Waals surface area (Å²) in [7, 11) is 3.82. The topological polar surface area (TPSA) is 58.6 Å². The van der Waals surface area contributed by atoms with E-state index in [1.165, 1.54) is 19.3 Å². The van der Waals surface area contributed by atoms with Crippen LogP contribution in [-0.4, -0.2) is 59.2 Å². The number of carbonyl (C=O) groups is 1. The Kier molecular flexibility index (Phi) is 3.79. The van der Waals surface area contributed by atoms with Gasteiger partial charge < -0.3 is 14.5 Å². The van der Waals surface area contributed by atoms with Crippen LogP contribution in [0.15, 0.2) is 12.4 Å². The third kappa shape index (κ3) is 2.90. The maximum Gasteiger partial charge on any atom is 0.274 e. The molecule has 6 heteroatoms. The molecule has 6 nitrogen and oxygen atoms in total. The number of hydrogen-bond acceptors (Lipinski definition) is 5. The van der Waals surface area contributed by atoms with Gasteiger partial charge in [-0.15, -0.1) is 0 Å². The molecule has 1 spiro atoms. The summed E-state index contributed by atoms with van der Waals surface area (Å²) in [6.45, 7) is 5.48. The Hall–Kier alpha value is -1.69. The molecule has 1 amide bonds. The molecule has 2 aliphatic carbocycles. The summed E-state index contributed by atoms with van der Waals surface area (Å²) in [5, 5.41) is 0. The van der Waals surface area contributed by atoms with Crippen LogP contribution in [-0.2, 0) is 4.74 Å². The molecule has 1 aliphatic heterocycles. The van der Waals surface area contributed by atoms with Crippen molar-refractivity contribution in [1.29, 1.82) is 0 Å². The summed E-state index contributed by atoms with van der Waals surface area (Å²) in [5.74, 6) is 2.09. The largest absolute Gasteiger partial charge is 0.365 e. The summed E-state index contributed by atoms with van der Waals surface area (Å²) in [5.41, 5.74) is -0.0613. The molecule has 4 rings (SSSR count). The van der Waals surface area contributed by atoms with E-state index >= 15 is 0 Å². The van der Waals surface area contributed by atoms with Gasteiger partial charge in [-0.25, -0.2) is 9.97 Å². The van der Waals surface area contributed by atoms with Crippen LogP contribution in [0.5, 0.6) is 0 Å². The molecule has 2 heterocycles. The SMILES string of the molecule is CN(C)c1cnc(C(=O)N2CC(C)(C)O[C@@]3(C[C@@H]4CC[C@H]3C4)C2)cn1. The molecule has 1 saturated heterocycles. The van der Waals surface area contributed by atoms with Crippen LogP contribution in [0, 0.1) is 11.8 Å². The maximum absolute atomic E-state index is 13.1. The Labute approximate surface area is 149 Å². The molecular weight excluding hydrogens is 316 g/mol. The highest BCUT2D eigenvalue weighted by Crippen LogP contribution is 2.55. The van der Waals surface area contributed by atoms with Gasteiger partial charge in [0.2, 0.25) is 0 Å². The van der Waals surface area contributed by atoms with Crippen LogP contribution in [0.1, 0.15) is 50.0 Å². The van der Waals surface area contributed by atoms with E-state index in [0.717, 1.165) is 18.2 Å². The molecule has 2 saturated carbocycles. The number of morpholine rings is 1. The van der Waals surface area contributed by atoms with Crippen LogP contribution < -0.4 is 4.90 Å². The van der Waals surface area contributed by atoms with Gasteiger partial charge in [-0.2, -0.15) is 0 Å². The van der Waals surface area contributed by atoms with Crippen molar-refractivity contribution in [3.63, 3.8) is 0 Å². The lowest BCUT2D eigenvalue weighted by molar-refractivity contribution is -0.208. The number of fused-ring (bicyclic) bond motifs is 3. The summed E-state index contributed by atoms with van der Waals surface area (Å²) >= 11 is 0.